The fourth-order valence-electron chi connectivity index (χ4n) is 3.25. The Balaban J connectivity index is 1.70. The predicted octanol–water partition coefficient (Wildman–Crippen LogP) is 4.84. The van der Waals surface area contributed by atoms with Gasteiger partial charge in [0, 0.05) is 5.56 Å². The molecule has 0 fully saturated rings. The molecule has 5 heteroatoms. The van der Waals surface area contributed by atoms with Crippen LogP contribution in [0.5, 0.6) is 5.75 Å². The molecule has 0 spiro atoms. The maximum Gasteiger partial charge on any atom is 0.280 e. The van der Waals surface area contributed by atoms with Crippen molar-refractivity contribution in [2.24, 2.45) is 0 Å². The van der Waals surface area contributed by atoms with Crippen molar-refractivity contribution in [2.75, 3.05) is 6.61 Å². The standard InChI is InChI=1S/C22H21N3O2/c1-2-3-6-15-27-20-14-8-13-19-21(20)23-24-25(19)22(26)18-12-7-10-16-9-4-5-11-17(16)18/h4-5,7-14H,2-3,6,15H2,1H3. The average molecular weight is 359 g/mol. The number of aromatic nitrogens is 3. The molecule has 0 bridgehead atoms. The first-order valence-corrected chi connectivity index (χ1v) is 9.29. The summed E-state index contributed by atoms with van der Waals surface area (Å²) in [6, 6.07) is 19.1. The molecule has 1 heterocycles. The number of unbranched alkanes of at least 4 members (excludes halogenated alkanes) is 2. The number of fused-ring (bicyclic) bond motifs is 2. The van der Waals surface area contributed by atoms with E-state index in [1.54, 1.807) is 0 Å². The van der Waals surface area contributed by atoms with Crippen LogP contribution in [0.4, 0.5) is 0 Å². The van der Waals surface area contributed by atoms with Gasteiger partial charge in [-0.3, -0.25) is 4.79 Å². The van der Waals surface area contributed by atoms with Crippen molar-refractivity contribution in [1.29, 1.82) is 0 Å². The van der Waals surface area contributed by atoms with Crippen LogP contribution >= 0.6 is 0 Å². The van der Waals surface area contributed by atoms with E-state index < -0.39 is 0 Å². The predicted molar refractivity (Wildman–Crippen MR) is 106 cm³/mol. The second-order valence-corrected chi connectivity index (χ2v) is 6.51. The van der Waals surface area contributed by atoms with Gasteiger partial charge in [-0.1, -0.05) is 67.4 Å². The maximum absolute atomic E-state index is 13.2. The summed E-state index contributed by atoms with van der Waals surface area (Å²) in [7, 11) is 0. The number of ether oxygens (including phenoxy) is 1. The number of hydrogen-bond acceptors (Lipinski definition) is 4. The average Bonchev–Trinajstić information content (AvgIpc) is 3.15. The molecule has 0 saturated carbocycles. The zero-order chi connectivity index (χ0) is 18.6. The molecule has 136 valence electrons. The van der Waals surface area contributed by atoms with Crippen molar-refractivity contribution in [1.82, 2.24) is 15.0 Å². The van der Waals surface area contributed by atoms with Gasteiger partial charge in [0.15, 0.2) is 5.52 Å². The third kappa shape index (κ3) is 3.28. The van der Waals surface area contributed by atoms with Crippen molar-refractivity contribution >= 4 is 27.7 Å². The maximum atomic E-state index is 13.2. The van der Waals surface area contributed by atoms with E-state index in [0.717, 1.165) is 30.0 Å². The zero-order valence-electron chi connectivity index (χ0n) is 15.3. The van der Waals surface area contributed by atoms with Gasteiger partial charge in [0.2, 0.25) is 0 Å². The van der Waals surface area contributed by atoms with Crippen LogP contribution in [0.3, 0.4) is 0 Å². The van der Waals surface area contributed by atoms with E-state index in [2.05, 4.69) is 17.2 Å². The van der Waals surface area contributed by atoms with Crippen LogP contribution in [0.25, 0.3) is 21.8 Å². The molecule has 0 N–H and O–H groups in total. The minimum atomic E-state index is -0.197. The number of hydrogen-bond donors (Lipinski definition) is 0. The van der Waals surface area contributed by atoms with E-state index in [1.165, 1.54) is 4.68 Å². The molecule has 0 amide bonds. The Morgan fingerprint density at radius 3 is 2.70 bits per heavy atom. The monoisotopic (exact) mass is 359 g/mol. The smallest absolute Gasteiger partial charge is 0.280 e. The minimum Gasteiger partial charge on any atom is -0.491 e. The van der Waals surface area contributed by atoms with Crippen LogP contribution in [0, 0.1) is 0 Å². The zero-order valence-corrected chi connectivity index (χ0v) is 15.3. The van der Waals surface area contributed by atoms with Crippen LogP contribution < -0.4 is 4.74 Å². The number of nitrogens with zero attached hydrogens (tertiary/aromatic N) is 3. The second kappa shape index (κ2) is 7.58. The Morgan fingerprint density at radius 1 is 1.00 bits per heavy atom. The van der Waals surface area contributed by atoms with E-state index in [0.29, 0.717) is 29.0 Å². The lowest BCUT2D eigenvalue weighted by Crippen LogP contribution is -2.14. The van der Waals surface area contributed by atoms with Gasteiger partial charge in [-0.15, -0.1) is 5.10 Å². The van der Waals surface area contributed by atoms with Gasteiger partial charge in [-0.05, 0) is 35.4 Å². The first kappa shape index (κ1) is 17.2. The van der Waals surface area contributed by atoms with Gasteiger partial charge in [0.25, 0.3) is 5.91 Å². The van der Waals surface area contributed by atoms with Gasteiger partial charge in [-0.2, -0.15) is 4.68 Å². The molecule has 5 nitrogen and oxygen atoms in total. The number of rotatable bonds is 6. The Hall–Kier alpha value is -3.21. The topological polar surface area (TPSA) is 57.0 Å². The summed E-state index contributed by atoms with van der Waals surface area (Å²) in [5.74, 6) is 0.470. The van der Waals surface area contributed by atoms with Crippen LogP contribution in [0.1, 0.15) is 36.5 Å². The lowest BCUT2D eigenvalue weighted by molar-refractivity contribution is 0.0950. The molecular formula is C22H21N3O2. The van der Waals surface area contributed by atoms with E-state index in [1.807, 2.05) is 60.7 Å². The first-order chi connectivity index (χ1) is 13.3. The Kier molecular flexibility index (Phi) is 4.83. The molecule has 0 saturated heterocycles. The van der Waals surface area contributed by atoms with Crippen LogP contribution in [-0.2, 0) is 0 Å². The van der Waals surface area contributed by atoms with Crippen LogP contribution in [-0.4, -0.2) is 27.5 Å². The second-order valence-electron chi connectivity index (χ2n) is 6.51. The normalized spacial score (nSPS) is 11.1. The summed E-state index contributed by atoms with van der Waals surface area (Å²) in [6.45, 7) is 2.79. The molecule has 4 aromatic rings. The molecule has 4 rings (SSSR count). The summed E-state index contributed by atoms with van der Waals surface area (Å²) < 4.78 is 7.22. The number of benzene rings is 3. The lowest BCUT2D eigenvalue weighted by Gasteiger charge is -2.07. The van der Waals surface area contributed by atoms with Crippen molar-refractivity contribution in [3.05, 3.63) is 66.2 Å². The molecule has 27 heavy (non-hydrogen) atoms. The molecule has 0 aliphatic carbocycles. The van der Waals surface area contributed by atoms with Crippen molar-refractivity contribution in [3.8, 4) is 5.75 Å². The largest absolute Gasteiger partial charge is 0.491 e. The van der Waals surface area contributed by atoms with E-state index in [9.17, 15) is 4.79 Å². The summed E-state index contributed by atoms with van der Waals surface area (Å²) in [4.78, 5) is 13.2. The highest BCUT2D eigenvalue weighted by Gasteiger charge is 2.18. The van der Waals surface area contributed by atoms with Crippen molar-refractivity contribution < 1.29 is 9.53 Å². The Morgan fingerprint density at radius 2 is 1.81 bits per heavy atom. The van der Waals surface area contributed by atoms with Gasteiger partial charge < -0.3 is 4.74 Å². The fourth-order valence-corrected chi connectivity index (χ4v) is 3.25. The minimum absolute atomic E-state index is 0.197. The summed E-state index contributed by atoms with van der Waals surface area (Å²) in [5, 5.41) is 10.3. The summed E-state index contributed by atoms with van der Waals surface area (Å²) in [6.07, 6.45) is 3.27. The van der Waals surface area contributed by atoms with E-state index in [4.69, 9.17) is 4.74 Å². The summed E-state index contributed by atoms with van der Waals surface area (Å²) >= 11 is 0. The third-order valence-corrected chi connectivity index (χ3v) is 4.66. The molecule has 0 aliphatic rings. The van der Waals surface area contributed by atoms with Crippen LogP contribution in [0.15, 0.2) is 60.7 Å². The van der Waals surface area contributed by atoms with Gasteiger partial charge in [0.05, 0.1) is 6.61 Å². The lowest BCUT2D eigenvalue weighted by atomic mass is 10.0. The molecule has 0 atom stereocenters. The fraction of sp³-hybridized carbons (Fsp3) is 0.227. The Labute approximate surface area is 157 Å². The van der Waals surface area contributed by atoms with Gasteiger partial charge >= 0.3 is 0 Å². The summed E-state index contributed by atoms with van der Waals surface area (Å²) in [5.41, 5.74) is 1.87. The van der Waals surface area contributed by atoms with E-state index in [-0.39, 0.29) is 5.91 Å². The molecule has 0 radical (unpaired) electrons. The SMILES string of the molecule is CCCCCOc1cccc2c1nnn2C(=O)c1cccc2ccccc12. The van der Waals surface area contributed by atoms with Crippen molar-refractivity contribution in [2.45, 2.75) is 26.2 Å². The third-order valence-electron chi connectivity index (χ3n) is 4.66. The number of carbonyl (C=O) groups excluding carboxylic acids is 1. The first-order valence-electron chi connectivity index (χ1n) is 9.29. The quantitative estimate of drug-likeness (QED) is 0.462. The highest BCUT2D eigenvalue weighted by Crippen LogP contribution is 2.25. The van der Waals surface area contributed by atoms with Gasteiger partial charge in [-0.25, -0.2) is 0 Å². The van der Waals surface area contributed by atoms with Crippen molar-refractivity contribution in [3.63, 3.8) is 0 Å². The molecule has 1 aromatic heterocycles. The molecule has 0 unspecified atom stereocenters. The molecular weight excluding hydrogens is 338 g/mol. The van der Waals surface area contributed by atoms with E-state index >= 15 is 0 Å². The Bertz CT molecular complexity index is 1100. The highest BCUT2D eigenvalue weighted by atomic mass is 16.5. The molecule has 3 aromatic carbocycles. The van der Waals surface area contributed by atoms with Gasteiger partial charge in [0.1, 0.15) is 11.3 Å². The number of carbonyl (C=O) groups is 1. The highest BCUT2D eigenvalue weighted by molar-refractivity contribution is 6.10. The molecule has 0 aliphatic heterocycles. The van der Waals surface area contributed by atoms with Crippen LogP contribution in [0.2, 0.25) is 0 Å².